The number of rotatable bonds is 5. The Labute approximate surface area is 152 Å². The molecular weight excluding hydrogens is 338 g/mol. The van der Waals surface area contributed by atoms with Crippen molar-refractivity contribution in [3.05, 3.63) is 24.3 Å². The zero-order valence-corrected chi connectivity index (χ0v) is 15.0. The number of anilines is 1. The molecule has 2 fully saturated rings. The molecule has 0 radical (unpaired) electrons. The zero-order chi connectivity index (χ0) is 18.7. The van der Waals surface area contributed by atoms with Crippen LogP contribution in [-0.2, 0) is 19.1 Å². The SMILES string of the molecule is COc1ccc(N2C(=O)C[C@@H](N(C)CC(=O)N3CCOCC3)C2=O)cc1. The summed E-state index contributed by atoms with van der Waals surface area (Å²) >= 11 is 0. The summed E-state index contributed by atoms with van der Waals surface area (Å²) in [5, 5.41) is 0. The third-order valence-corrected chi connectivity index (χ3v) is 4.73. The maximum absolute atomic E-state index is 12.8. The van der Waals surface area contributed by atoms with Gasteiger partial charge >= 0.3 is 0 Å². The minimum absolute atomic E-state index is 0.0565. The van der Waals surface area contributed by atoms with E-state index in [9.17, 15) is 14.4 Å². The smallest absolute Gasteiger partial charge is 0.251 e. The van der Waals surface area contributed by atoms with Crippen LogP contribution in [0.1, 0.15) is 6.42 Å². The molecule has 140 valence electrons. The van der Waals surface area contributed by atoms with Crippen molar-refractivity contribution in [2.45, 2.75) is 12.5 Å². The number of morpholine rings is 1. The van der Waals surface area contributed by atoms with E-state index in [1.807, 2.05) is 0 Å². The number of carbonyl (C=O) groups excluding carboxylic acids is 3. The number of ether oxygens (including phenoxy) is 2. The zero-order valence-electron chi connectivity index (χ0n) is 15.0. The number of imide groups is 1. The fraction of sp³-hybridized carbons (Fsp3) is 0.500. The fourth-order valence-corrected chi connectivity index (χ4v) is 3.20. The van der Waals surface area contributed by atoms with Crippen molar-refractivity contribution in [3.63, 3.8) is 0 Å². The number of hydrogen-bond donors (Lipinski definition) is 0. The lowest BCUT2D eigenvalue weighted by Crippen LogP contribution is -2.48. The molecule has 3 rings (SSSR count). The van der Waals surface area contributed by atoms with Crippen molar-refractivity contribution in [2.75, 3.05) is 51.9 Å². The van der Waals surface area contributed by atoms with Gasteiger partial charge in [0, 0.05) is 13.1 Å². The van der Waals surface area contributed by atoms with Crippen LogP contribution in [0.25, 0.3) is 0 Å². The van der Waals surface area contributed by atoms with Gasteiger partial charge in [0.05, 0.1) is 45.0 Å². The molecule has 2 aliphatic rings. The first-order valence-electron chi connectivity index (χ1n) is 8.58. The molecule has 8 heteroatoms. The van der Waals surface area contributed by atoms with Gasteiger partial charge < -0.3 is 14.4 Å². The van der Waals surface area contributed by atoms with Crippen LogP contribution >= 0.6 is 0 Å². The summed E-state index contributed by atoms with van der Waals surface area (Å²) in [5.74, 6) is 0.0184. The lowest BCUT2D eigenvalue weighted by Gasteiger charge is -2.30. The molecule has 1 aromatic rings. The second kappa shape index (κ2) is 7.84. The molecule has 1 atom stereocenters. The van der Waals surface area contributed by atoms with Crippen LogP contribution in [0.15, 0.2) is 24.3 Å². The van der Waals surface area contributed by atoms with Crippen molar-refractivity contribution in [3.8, 4) is 5.75 Å². The predicted octanol–water partition coefficient (Wildman–Crippen LogP) is 0.118. The summed E-state index contributed by atoms with van der Waals surface area (Å²) in [6.07, 6.45) is 0.0672. The van der Waals surface area contributed by atoms with Crippen LogP contribution in [0, 0.1) is 0 Å². The standard InChI is InChI=1S/C18H23N3O5/c1-19(12-17(23)20-7-9-26-10-8-20)15-11-16(22)21(18(15)24)13-3-5-14(25-2)6-4-13/h3-6,15H,7-12H2,1-2H3/t15-/m1/s1. The minimum Gasteiger partial charge on any atom is -0.497 e. The van der Waals surface area contributed by atoms with E-state index >= 15 is 0 Å². The maximum atomic E-state index is 12.8. The Morgan fingerprint density at radius 3 is 2.50 bits per heavy atom. The lowest BCUT2D eigenvalue weighted by molar-refractivity contribution is -0.137. The van der Waals surface area contributed by atoms with E-state index in [1.165, 1.54) is 4.90 Å². The Morgan fingerprint density at radius 1 is 1.23 bits per heavy atom. The highest BCUT2D eigenvalue weighted by Crippen LogP contribution is 2.26. The summed E-state index contributed by atoms with van der Waals surface area (Å²) < 4.78 is 10.3. The van der Waals surface area contributed by atoms with E-state index in [0.29, 0.717) is 37.7 Å². The molecule has 0 N–H and O–H groups in total. The van der Waals surface area contributed by atoms with Gasteiger partial charge in [0.2, 0.25) is 11.8 Å². The highest BCUT2D eigenvalue weighted by atomic mass is 16.5. The number of likely N-dealkylation sites (N-methyl/N-ethyl adjacent to an activating group) is 1. The Hall–Kier alpha value is -2.45. The lowest BCUT2D eigenvalue weighted by atomic mass is 10.2. The summed E-state index contributed by atoms with van der Waals surface area (Å²) in [5.41, 5.74) is 0.510. The number of methoxy groups -OCH3 is 1. The summed E-state index contributed by atoms with van der Waals surface area (Å²) in [6.45, 7) is 2.27. The number of nitrogens with zero attached hydrogens (tertiary/aromatic N) is 3. The van der Waals surface area contributed by atoms with E-state index in [0.717, 1.165) is 0 Å². The van der Waals surface area contributed by atoms with Gasteiger partial charge in [-0.2, -0.15) is 0 Å². The Kier molecular flexibility index (Phi) is 5.53. The van der Waals surface area contributed by atoms with Gasteiger partial charge in [-0.3, -0.25) is 19.3 Å². The molecule has 1 aromatic carbocycles. The number of hydrogen-bond acceptors (Lipinski definition) is 6. The van der Waals surface area contributed by atoms with Crippen LogP contribution in [-0.4, -0.2) is 80.6 Å². The van der Waals surface area contributed by atoms with Gasteiger partial charge in [-0.05, 0) is 31.3 Å². The first kappa shape index (κ1) is 18.3. The second-order valence-corrected chi connectivity index (χ2v) is 6.39. The largest absolute Gasteiger partial charge is 0.497 e. The van der Waals surface area contributed by atoms with Gasteiger partial charge in [-0.25, -0.2) is 4.90 Å². The fourth-order valence-electron chi connectivity index (χ4n) is 3.20. The topological polar surface area (TPSA) is 79.4 Å². The van der Waals surface area contributed by atoms with E-state index < -0.39 is 6.04 Å². The predicted molar refractivity (Wildman–Crippen MR) is 93.9 cm³/mol. The third-order valence-electron chi connectivity index (χ3n) is 4.73. The molecule has 0 bridgehead atoms. The Bertz CT molecular complexity index is 685. The van der Waals surface area contributed by atoms with Gasteiger partial charge in [-0.15, -0.1) is 0 Å². The van der Waals surface area contributed by atoms with Gasteiger partial charge in [-0.1, -0.05) is 0 Å². The highest BCUT2D eigenvalue weighted by molar-refractivity contribution is 6.22. The van der Waals surface area contributed by atoms with Crippen molar-refractivity contribution < 1.29 is 23.9 Å². The molecular formula is C18H23N3O5. The normalized spacial score (nSPS) is 20.8. The van der Waals surface area contributed by atoms with Crippen molar-refractivity contribution in [1.82, 2.24) is 9.80 Å². The first-order valence-corrected chi connectivity index (χ1v) is 8.58. The number of carbonyl (C=O) groups is 3. The van der Waals surface area contributed by atoms with Crippen molar-refractivity contribution in [1.29, 1.82) is 0 Å². The average molecular weight is 361 g/mol. The molecule has 2 heterocycles. The molecule has 0 saturated carbocycles. The Balaban J connectivity index is 1.66. The molecule has 26 heavy (non-hydrogen) atoms. The van der Waals surface area contributed by atoms with Gasteiger partial charge in [0.25, 0.3) is 5.91 Å². The summed E-state index contributed by atoms with van der Waals surface area (Å²) in [7, 11) is 3.25. The quantitative estimate of drug-likeness (QED) is 0.693. The highest BCUT2D eigenvalue weighted by Gasteiger charge is 2.42. The monoisotopic (exact) mass is 361 g/mol. The molecule has 0 unspecified atom stereocenters. The maximum Gasteiger partial charge on any atom is 0.251 e. The molecule has 2 aliphatic heterocycles. The van der Waals surface area contributed by atoms with Gasteiger partial charge in [0.15, 0.2) is 0 Å². The minimum atomic E-state index is -0.630. The Morgan fingerprint density at radius 2 is 1.88 bits per heavy atom. The third kappa shape index (κ3) is 3.71. The van der Waals surface area contributed by atoms with Gasteiger partial charge in [0.1, 0.15) is 5.75 Å². The van der Waals surface area contributed by atoms with Crippen LogP contribution in [0.3, 0.4) is 0 Å². The number of amides is 3. The summed E-state index contributed by atoms with van der Waals surface area (Å²) in [6, 6.07) is 6.13. The van der Waals surface area contributed by atoms with Crippen LogP contribution in [0.5, 0.6) is 5.75 Å². The molecule has 2 saturated heterocycles. The van der Waals surface area contributed by atoms with Crippen molar-refractivity contribution >= 4 is 23.4 Å². The second-order valence-electron chi connectivity index (χ2n) is 6.39. The van der Waals surface area contributed by atoms with E-state index in [4.69, 9.17) is 9.47 Å². The molecule has 3 amide bonds. The first-order chi connectivity index (χ1) is 12.5. The van der Waals surface area contributed by atoms with Crippen molar-refractivity contribution in [2.24, 2.45) is 0 Å². The number of benzene rings is 1. The van der Waals surface area contributed by atoms with Crippen LogP contribution in [0.2, 0.25) is 0 Å². The average Bonchev–Trinajstić information content (AvgIpc) is 2.97. The molecule has 0 aliphatic carbocycles. The van der Waals surface area contributed by atoms with E-state index in [1.54, 1.807) is 48.2 Å². The molecule has 0 spiro atoms. The summed E-state index contributed by atoms with van der Waals surface area (Å²) in [4.78, 5) is 42.1. The molecule has 0 aromatic heterocycles. The van der Waals surface area contributed by atoms with E-state index in [2.05, 4.69) is 0 Å². The molecule has 8 nitrogen and oxygen atoms in total. The van der Waals surface area contributed by atoms with E-state index in [-0.39, 0.29) is 30.7 Å². The van der Waals surface area contributed by atoms with Crippen LogP contribution < -0.4 is 9.64 Å². The van der Waals surface area contributed by atoms with Crippen LogP contribution in [0.4, 0.5) is 5.69 Å².